The van der Waals surface area contributed by atoms with Crippen molar-refractivity contribution in [3.63, 3.8) is 0 Å². The number of anilines is 1. The lowest BCUT2D eigenvalue weighted by atomic mass is 10.0. The molecule has 0 aliphatic heterocycles. The minimum Gasteiger partial charge on any atom is -0.298 e. The number of fused-ring (bicyclic) bond motifs is 1. The minimum atomic E-state index is -0.186. The van der Waals surface area contributed by atoms with Crippen molar-refractivity contribution in [2.75, 3.05) is 5.32 Å². The highest BCUT2D eigenvalue weighted by Crippen LogP contribution is 2.28. The van der Waals surface area contributed by atoms with Gasteiger partial charge in [-0.15, -0.1) is 11.3 Å². The van der Waals surface area contributed by atoms with E-state index in [0.717, 1.165) is 45.0 Å². The van der Waals surface area contributed by atoms with Crippen LogP contribution in [0.4, 0.5) is 5.13 Å². The first-order chi connectivity index (χ1) is 13.5. The van der Waals surface area contributed by atoms with Gasteiger partial charge in [0.05, 0.1) is 28.2 Å². The van der Waals surface area contributed by atoms with Crippen molar-refractivity contribution in [2.24, 2.45) is 0 Å². The van der Waals surface area contributed by atoms with Gasteiger partial charge in [0.15, 0.2) is 5.13 Å². The van der Waals surface area contributed by atoms with Gasteiger partial charge in [0.2, 0.25) is 0 Å². The van der Waals surface area contributed by atoms with Crippen molar-refractivity contribution in [1.82, 2.24) is 19.7 Å². The maximum absolute atomic E-state index is 13.1. The number of carbonyl (C=O) groups is 1. The summed E-state index contributed by atoms with van der Waals surface area (Å²) in [4.78, 5) is 23.4. The fraction of sp³-hybridized carbons (Fsp3) is 0.238. The summed E-state index contributed by atoms with van der Waals surface area (Å²) in [7, 11) is 0. The Kier molecular flexibility index (Phi) is 4.68. The van der Waals surface area contributed by atoms with E-state index >= 15 is 0 Å². The first-order valence-electron chi connectivity index (χ1n) is 9.16. The number of aryl methyl sites for hydroxylation is 4. The Labute approximate surface area is 167 Å². The summed E-state index contributed by atoms with van der Waals surface area (Å²) in [5, 5.41) is 8.87. The summed E-state index contributed by atoms with van der Waals surface area (Å²) in [6.07, 6.45) is 1.97. The van der Waals surface area contributed by atoms with Gasteiger partial charge in [-0.2, -0.15) is 5.10 Å². The van der Waals surface area contributed by atoms with Crippen LogP contribution in [-0.2, 0) is 6.54 Å². The van der Waals surface area contributed by atoms with E-state index < -0.39 is 0 Å². The Morgan fingerprint density at radius 2 is 1.93 bits per heavy atom. The highest BCUT2D eigenvalue weighted by molar-refractivity contribution is 7.15. The Morgan fingerprint density at radius 1 is 1.14 bits per heavy atom. The second-order valence-corrected chi connectivity index (χ2v) is 7.87. The normalized spacial score (nSPS) is 11.1. The van der Waals surface area contributed by atoms with Gasteiger partial charge < -0.3 is 0 Å². The third kappa shape index (κ3) is 3.29. The van der Waals surface area contributed by atoms with Gasteiger partial charge in [0.25, 0.3) is 5.91 Å². The van der Waals surface area contributed by atoms with Gasteiger partial charge in [-0.3, -0.25) is 14.8 Å². The van der Waals surface area contributed by atoms with Gasteiger partial charge >= 0.3 is 0 Å². The van der Waals surface area contributed by atoms with E-state index in [0.29, 0.717) is 10.7 Å². The van der Waals surface area contributed by atoms with Crippen LogP contribution in [-0.4, -0.2) is 25.7 Å². The average molecular weight is 392 g/mol. The number of amides is 1. The topological polar surface area (TPSA) is 72.7 Å². The van der Waals surface area contributed by atoms with E-state index in [1.165, 1.54) is 11.3 Å². The van der Waals surface area contributed by atoms with Crippen LogP contribution in [0.15, 0.2) is 36.5 Å². The lowest BCUT2D eigenvalue weighted by Crippen LogP contribution is -2.13. The number of rotatable bonds is 4. The van der Waals surface area contributed by atoms with Crippen molar-refractivity contribution in [1.29, 1.82) is 0 Å². The molecular formula is C21H21N5OS. The summed E-state index contributed by atoms with van der Waals surface area (Å²) in [5.74, 6) is -0.186. The van der Waals surface area contributed by atoms with Crippen molar-refractivity contribution in [2.45, 2.75) is 34.2 Å². The maximum atomic E-state index is 13.1. The summed E-state index contributed by atoms with van der Waals surface area (Å²) < 4.78 is 1.88. The number of benzene rings is 1. The molecule has 0 fully saturated rings. The molecule has 0 aliphatic rings. The summed E-state index contributed by atoms with van der Waals surface area (Å²) in [5.41, 5.74) is 4.86. The monoisotopic (exact) mass is 391 g/mol. The number of nitrogens with one attached hydrogen (secondary N) is 1. The van der Waals surface area contributed by atoms with Crippen LogP contribution in [0, 0.1) is 20.8 Å². The third-order valence-corrected chi connectivity index (χ3v) is 5.74. The number of nitrogens with zero attached hydrogens (tertiary/aromatic N) is 4. The lowest BCUT2D eigenvalue weighted by Gasteiger charge is -2.09. The third-order valence-electron chi connectivity index (χ3n) is 4.76. The first-order valence-corrected chi connectivity index (χ1v) is 9.97. The van der Waals surface area contributed by atoms with Crippen LogP contribution in [0.2, 0.25) is 0 Å². The van der Waals surface area contributed by atoms with E-state index in [4.69, 9.17) is 4.98 Å². The largest absolute Gasteiger partial charge is 0.298 e. The van der Waals surface area contributed by atoms with Crippen molar-refractivity contribution in [3.05, 3.63) is 58.4 Å². The van der Waals surface area contributed by atoms with Crippen LogP contribution in [0.25, 0.3) is 22.2 Å². The number of para-hydroxylation sites is 1. The number of hydrogen-bond acceptors (Lipinski definition) is 5. The molecule has 4 rings (SSSR count). The SMILES string of the molecule is CCn1cc(-c2cc(C(=O)Nc3nc(C)c(C)s3)c3ccccc3n2)c(C)n1. The van der Waals surface area contributed by atoms with Crippen LogP contribution in [0.1, 0.15) is 33.5 Å². The molecule has 0 atom stereocenters. The maximum Gasteiger partial charge on any atom is 0.258 e. The Hall–Kier alpha value is -3.06. The molecule has 3 heterocycles. The van der Waals surface area contributed by atoms with E-state index in [9.17, 15) is 4.79 Å². The molecule has 0 unspecified atom stereocenters. The summed E-state index contributed by atoms with van der Waals surface area (Å²) in [6, 6.07) is 9.53. The van der Waals surface area contributed by atoms with Crippen LogP contribution < -0.4 is 5.32 Å². The Balaban J connectivity index is 1.82. The highest BCUT2D eigenvalue weighted by atomic mass is 32.1. The predicted molar refractivity (Wildman–Crippen MR) is 113 cm³/mol. The molecule has 4 aromatic rings. The zero-order valence-corrected chi connectivity index (χ0v) is 17.1. The predicted octanol–water partition coefficient (Wildman–Crippen LogP) is 4.75. The fourth-order valence-electron chi connectivity index (χ4n) is 3.12. The number of carbonyl (C=O) groups excluding carboxylic acids is 1. The van der Waals surface area contributed by atoms with E-state index in [1.807, 2.05) is 68.9 Å². The summed E-state index contributed by atoms with van der Waals surface area (Å²) >= 11 is 1.48. The molecule has 0 saturated heterocycles. The van der Waals surface area contributed by atoms with Gasteiger partial charge in [-0.05, 0) is 39.8 Å². The van der Waals surface area contributed by atoms with E-state index in [1.54, 1.807) is 0 Å². The van der Waals surface area contributed by atoms with E-state index in [2.05, 4.69) is 15.4 Å². The smallest absolute Gasteiger partial charge is 0.258 e. The van der Waals surface area contributed by atoms with Gasteiger partial charge in [-0.25, -0.2) is 9.97 Å². The molecule has 1 aromatic carbocycles. The fourth-order valence-corrected chi connectivity index (χ4v) is 3.93. The molecule has 0 spiro atoms. The lowest BCUT2D eigenvalue weighted by molar-refractivity contribution is 0.102. The number of pyridine rings is 1. The first kappa shape index (κ1) is 18.3. The Bertz CT molecular complexity index is 1170. The standard InChI is InChI=1S/C21H21N5OS/c1-5-26-11-17(13(3)25-26)19-10-16(15-8-6-7-9-18(15)23-19)20(27)24-21-22-12(2)14(4)28-21/h6-11H,5H2,1-4H3,(H,22,24,27). The molecule has 0 bridgehead atoms. The molecular weight excluding hydrogens is 370 g/mol. The molecule has 0 radical (unpaired) electrons. The quantitative estimate of drug-likeness (QED) is 0.545. The molecule has 6 nitrogen and oxygen atoms in total. The molecule has 1 N–H and O–H groups in total. The van der Waals surface area contributed by atoms with Crippen LogP contribution in [0.5, 0.6) is 0 Å². The molecule has 28 heavy (non-hydrogen) atoms. The molecule has 7 heteroatoms. The van der Waals surface area contributed by atoms with Crippen molar-refractivity contribution in [3.8, 4) is 11.3 Å². The van der Waals surface area contributed by atoms with Crippen molar-refractivity contribution < 1.29 is 4.79 Å². The summed E-state index contributed by atoms with van der Waals surface area (Å²) in [6.45, 7) is 8.72. The van der Waals surface area contributed by atoms with Gasteiger partial charge in [0.1, 0.15) is 0 Å². The molecule has 142 valence electrons. The van der Waals surface area contributed by atoms with Gasteiger partial charge in [0, 0.05) is 28.6 Å². The zero-order valence-electron chi connectivity index (χ0n) is 16.3. The minimum absolute atomic E-state index is 0.186. The molecule has 3 aromatic heterocycles. The molecule has 0 aliphatic carbocycles. The second-order valence-electron chi connectivity index (χ2n) is 6.67. The van der Waals surface area contributed by atoms with Crippen LogP contribution >= 0.6 is 11.3 Å². The highest BCUT2D eigenvalue weighted by Gasteiger charge is 2.17. The van der Waals surface area contributed by atoms with Gasteiger partial charge in [-0.1, -0.05) is 18.2 Å². The van der Waals surface area contributed by atoms with Crippen LogP contribution in [0.3, 0.4) is 0 Å². The number of thiazole rings is 1. The van der Waals surface area contributed by atoms with E-state index in [-0.39, 0.29) is 5.91 Å². The Morgan fingerprint density at radius 3 is 2.61 bits per heavy atom. The molecule has 0 saturated carbocycles. The molecule has 1 amide bonds. The number of hydrogen-bond donors (Lipinski definition) is 1. The second kappa shape index (κ2) is 7.16. The zero-order chi connectivity index (χ0) is 19.8. The van der Waals surface area contributed by atoms with Crippen molar-refractivity contribution >= 4 is 33.3 Å². The number of aromatic nitrogens is 4. The average Bonchev–Trinajstić information content (AvgIpc) is 3.22.